The molecule has 15 heavy (non-hydrogen) atoms. The summed E-state index contributed by atoms with van der Waals surface area (Å²) in [7, 11) is 0. The van der Waals surface area contributed by atoms with Gasteiger partial charge in [-0.15, -0.1) is 0 Å². The molecular weight excluding hydrogens is 208 g/mol. The Hall–Kier alpha value is -1.85. The Morgan fingerprint density at radius 2 is 2.00 bits per heavy atom. The van der Waals surface area contributed by atoms with Gasteiger partial charge in [0.15, 0.2) is 0 Å². The Morgan fingerprint density at radius 1 is 1.20 bits per heavy atom. The lowest BCUT2D eigenvalue weighted by Crippen LogP contribution is -1.85. The van der Waals surface area contributed by atoms with Crippen LogP contribution in [0.15, 0.2) is 42.6 Å². The maximum absolute atomic E-state index is 8.77. The molecule has 2 nitrogen and oxygen atoms in total. The van der Waals surface area contributed by atoms with E-state index in [9.17, 15) is 0 Å². The van der Waals surface area contributed by atoms with E-state index in [4.69, 9.17) is 16.9 Å². The second-order valence-electron chi connectivity index (χ2n) is 3.02. The fourth-order valence-electron chi connectivity index (χ4n) is 1.32. The van der Waals surface area contributed by atoms with Crippen molar-refractivity contribution < 1.29 is 0 Å². The summed E-state index contributed by atoms with van der Waals surface area (Å²) in [6.07, 6.45) is 1.61. The van der Waals surface area contributed by atoms with Gasteiger partial charge in [0.2, 0.25) is 0 Å². The quantitative estimate of drug-likeness (QED) is 0.731. The first kappa shape index (κ1) is 9.70. The summed E-state index contributed by atoms with van der Waals surface area (Å²) in [5.41, 5.74) is 2.15. The van der Waals surface area contributed by atoms with Gasteiger partial charge in [-0.3, -0.25) is 4.98 Å². The lowest BCUT2D eigenvalue weighted by molar-refractivity contribution is 1.31. The highest BCUT2D eigenvalue weighted by molar-refractivity contribution is 6.33. The van der Waals surface area contributed by atoms with Crippen molar-refractivity contribution >= 4 is 11.6 Å². The lowest BCUT2D eigenvalue weighted by atomic mass is 10.1. The standard InChI is InChI=1S/C12H7ClN2/c13-11-4-2-1-3-10(11)12-7-9(8-14)5-6-15-12/h1-7H. The van der Waals surface area contributed by atoms with Crippen LogP contribution in [0.4, 0.5) is 0 Å². The van der Waals surface area contributed by atoms with Crippen LogP contribution < -0.4 is 0 Å². The summed E-state index contributed by atoms with van der Waals surface area (Å²) < 4.78 is 0. The average Bonchev–Trinajstić information content (AvgIpc) is 2.30. The van der Waals surface area contributed by atoms with Crippen LogP contribution in [-0.2, 0) is 0 Å². The van der Waals surface area contributed by atoms with Crippen LogP contribution in [0.3, 0.4) is 0 Å². The zero-order valence-electron chi connectivity index (χ0n) is 7.81. The van der Waals surface area contributed by atoms with E-state index < -0.39 is 0 Å². The van der Waals surface area contributed by atoms with Gasteiger partial charge in [0.25, 0.3) is 0 Å². The number of benzene rings is 1. The van der Waals surface area contributed by atoms with Crippen LogP contribution in [0.25, 0.3) is 11.3 Å². The number of nitrogens with zero attached hydrogens (tertiary/aromatic N) is 2. The Kier molecular flexibility index (Phi) is 2.66. The molecule has 72 valence electrons. The van der Waals surface area contributed by atoms with E-state index >= 15 is 0 Å². The number of rotatable bonds is 1. The Balaban J connectivity index is 2.55. The monoisotopic (exact) mass is 214 g/mol. The largest absolute Gasteiger partial charge is 0.256 e. The SMILES string of the molecule is N#Cc1ccnc(-c2ccccc2Cl)c1. The van der Waals surface area contributed by atoms with Gasteiger partial charge in [0.05, 0.1) is 17.3 Å². The van der Waals surface area contributed by atoms with E-state index in [2.05, 4.69) is 11.1 Å². The second-order valence-corrected chi connectivity index (χ2v) is 3.43. The van der Waals surface area contributed by atoms with Crippen molar-refractivity contribution in [2.45, 2.75) is 0 Å². The number of aromatic nitrogens is 1. The molecule has 0 spiro atoms. The van der Waals surface area contributed by atoms with Crippen LogP contribution in [-0.4, -0.2) is 4.98 Å². The van der Waals surface area contributed by atoms with Gasteiger partial charge in [-0.05, 0) is 18.2 Å². The normalized spacial score (nSPS) is 9.60. The molecule has 3 heteroatoms. The van der Waals surface area contributed by atoms with Gasteiger partial charge in [0, 0.05) is 16.8 Å². The average molecular weight is 215 g/mol. The van der Waals surface area contributed by atoms with Gasteiger partial charge in [-0.2, -0.15) is 5.26 Å². The highest BCUT2D eigenvalue weighted by atomic mass is 35.5. The predicted octanol–water partition coefficient (Wildman–Crippen LogP) is 3.27. The number of hydrogen-bond donors (Lipinski definition) is 0. The van der Waals surface area contributed by atoms with Crippen LogP contribution in [0.5, 0.6) is 0 Å². The Bertz CT molecular complexity index is 529. The summed E-state index contributed by atoms with van der Waals surface area (Å²) in [6, 6.07) is 12.9. The first-order valence-corrected chi connectivity index (χ1v) is 4.80. The maximum atomic E-state index is 8.77. The van der Waals surface area contributed by atoms with Crippen molar-refractivity contribution in [1.29, 1.82) is 5.26 Å². The van der Waals surface area contributed by atoms with Crippen molar-refractivity contribution in [3.05, 3.63) is 53.2 Å². The van der Waals surface area contributed by atoms with Crippen molar-refractivity contribution in [3.63, 3.8) is 0 Å². The van der Waals surface area contributed by atoms with Crippen LogP contribution in [0.1, 0.15) is 5.56 Å². The van der Waals surface area contributed by atoms with Gasteiger partial charge in [0.1, 0.15) is 0 Å². The van der Waals surface area contributed by atoms with Crippen LogP contribution in [0.2, 0.25) is 5.02 Å². The van der Waals surface area contributed by atoms with Crippen molar-refractivity contribution in [3.8, 4) is 17.3 Å². The molecule has 0 aliphatic carbocycles. The molecule has 0 radical (unpaired) electrons. The van der Waals surface area contributed by atoms with Crippen molar-refractivity contribution in [1.82, 2.24) is 4.98 Å². The molecule has 1 aromatic heterocycles. The smallest absolute Gasteiger partial charge is 0.0992 e. The molecule has 0 fully saturated rings. The first-order valence-electron chi connectivity index (χ1n) is 4.42. The van der Waals surface area contributed by atoms with E-state index in [1.807, 2.05) is 18.2 Å². The Morgan fingerprint density at radius 3 is 2.73 bits per heavy atom. The molecule has 2 aromatic rings. The molecule has 0 unspecified atom stereocenters. The van der Waals surface area contributed by atoms with Gasteiger partial charge >= 0.3 is 0 Å². The lowest BCUT2D eigenvalue weighted by Gasteiger charge is -2.02. The third-order valence-corrected chi connectivity index (χ3v) is 2.37. The Labute approximate surface area is 92.8 Å². The minimum absolute atomic E-state index is 0.583. The summed E-state index contributed by atoms with van der Waals surface area (Å²) in [6.45, 7) is 0. The van der Waals surface area contributed by atoms with Crippen LogP contribution >= 0.6 is 11.6 Å². The van der Waals surface area contributed by atoms with E-state index in [0.29, 0.717) is 10.6 Å². The third-order valence-electron chi connectivity index (χ3n) is 2.04. The minimum atomic E-state index is 0.583. The molecule has 0 aliphatic heterocycles. The predicted molar refractivity (Wildman–Crippen MR) is 59.4 cm³/mol. The molecule has 0 saturated carbocycles. The van der Waals surface area contributed by atoms with Gasteiger partial charge in [-0.1, -0.05) is 29.8 Å². The van der Waals surface area contributed by atoms with E-state index in [-0.39, 0.29) is 0 Å². The number of nitriles is 1. The van der Waals surface area contributed by atoms with Crippen molar-refractivity contribution in [2.75, 3.05) is 0 Å². The molecule has 2 rings (SSSR count). The maximum Gasteiger partial charge on any atom is 0.0992 e. The van der Waals surface area contributed by atoms with Gasteiger partial charge < -0.3 is 0 Å². The summed E-state index contributed by atoms with van der Waals surface area (Å²) >= 11 is 6.03. The van der Waals surface area contributed by atoms with E-state index in [0.717, 1.165) is 11.3 Å². The molecule has 0 bridgehead atoms. The second kappa shape index (κ2) is 4.12. The molecule has 0 atom stereocenters. The summed E-state index contributed by atoms with van der Waals surface area (Å²) in [5.74, 6) is 0. The molecule has 0 amide bonds. The molecule has 1 aromatic carbocycles. The fourth-order valence-corrected chi connectivity index (χ4v) is 1.55. The van der Waals surface area contributed by atoms with Gasteiger partial charge in [-0.25, -0.2) is 0 Å². The summed E-state index contributed by atoms with van der Waals surface area (Å²) in [4.78, 5) is 4.18. The third kappa shape index (κ3) is 1.98. The van der Waals surface area contributed by atoms with Crippen LogP contribution in [0, 0.1) is 11.3 Å². The molecular formula is C12H7ClN2. The number of halogens is 1. The molecule has 0 aliphatic rings. The zero-order chi connectivity index (χ0) is 10.7. The fraction of sp³-hybridized carbons (Fsp3) is 0. The van der Waals surface area contributed by atoms with Crippen molar-refractivity contribution in [2.24, 2.45) is 0 Å². The highest BCUT2D eigenvalue weighted by Gasteiger charge is 2.04. The van der Waals surface area contributed by atoms with E-state index in [1.54, 1.807) is 24.4 Å². The minimum Gasteiger partial charge on any atom is -0.256 e. The highest BCUT2D eigenvalue weighted by Crippen LogP contribution is 2.25. The van der Waals surface area contributed by atoms with E-state index in [1.165, 1.54) is 0 Å². The number of hydrogen-bond acceptors (Lipinski definition) is 2. The number of pyridine rings is 1. The first-order chi connectivity index (χ1) is 7.31. The molecule has 0 N–H and O–H groups in total. The molecule has 0 saturated heterocycles. The molecule has 1 heterocycles. The zero-order valence-corrected chi connectivity index (χ0v) is 8.57. The topological polar surface area (TPSA) is 36.7 Å². The summed E-state index contributed by atoms with van der Waals surface area (Å²) in [5, 5.41) is 9.41.